The van der Waals surface area contributed by atoms with Crippen molar-refractivity contribution in [1.82, 2.24) is 0 Å². The summed E-state index contributed by atoms with van der Waals surface area (Å²) in [6.45, 7) is 1.90. The first kappa shape index (κ1) is 21.7. The van der Waals surface area contributed by atoms with E-state index in [0.29, 0.717) is 18.4 Å². The maximum atomic E-state index is 11.9. The van der Waals surface area contributed by atoms with Crippen LogP contribution < -0.4 is 11.6 Å². The molecule has 0 bridgehead atoms. The predicted octanol–water partition coefficient (Wildman–Crippen LogP) is 3.42. The highest BCUT2D eigenvalue weighted by Crippen LogP contribution is 2.31. The Labute approximate surface area is 169 Å². The fraction of sp³-hybridized carbons (Fsp3) is 0.286. The van der Waals surface area contributed by atoms with E-state index in [1.807, 2.05) is 37.3 Å². The third kappa shape index (κ3) is 5.25. The summed E-state index contributed by atoms with van der Waals surface area (Å²) < 4.78 is 0. The first-order valence-electron chi connectivity index (χ1n) is 9.29. The van der Waals surface area contributed by atoms with Crippen molar-refractivity contribution in [3.8, 4) is 11.1 Å². The second kappa shape index (κ2) is 10.1. The molecule has 2 aromatic rings. The molecule has 29 heavy (non-hydrogen) atoms. The van der Waals surface area contributed by atoms with E-state index in [9.17, 15) is 14.7 Å². The molecule has 0 heterocycles. The van der Waals surface area contributed by atoms with E-state index in [0.717, 1.165) is 16.7 Å². The Kier molecular flexibility index (Phi) is 7.59. The molecule has 0 saturated heterocycles. The van der Waals surface area contributed by atoms with Crippen molar-refractivity contribution < 1.29 is 14.7 Å². The molecule has 0 aliphatic heterocycles. The summed E-state index contributed by atoms with van der Waals surface area (Å²) in [6.07, 6.45) is 1.35. The van der Waals surface area contributed by atoms with Crippen molar-refractivity contribution in [3.63, 3.8) is 0 Å². The standard InChI is InChI=1S/C21H25N5O3/c1-2-6-17(21(28)29)18(20(25-23)26-24)12-14-7-3-4-10-16(14)13-8-5-9-15(11-13)19(22)27/h3-5,7-11,17-18,23H,2,6,12,24H2,1H3,(H2,22,27)(H,28,29)/b25-23?,26-20-/t17-,18-/m0/s1. The molecule has 0 fully saturated rings. The Morgan fingerprint density at radius 1 is 1.14 bits per heavy atom. The van der Waals surface area contributed by atoms with Gasteiger partial charge >= 0.3 is 5.97 Å². The van der Waals surface area contributed by atoms with Crippen molar-refractivity contribution in [2.75, 3.05) is 0 Å². The number of primary amides is 1. The lowest BCUT2D eigenvalue weighted by atomic mass is 9.81. The fourth-order valence-electron chi connectivity index (χ4n) is 3.49. The molecule has 8 nitrogen and oxygen atoms in total. The largest absolute Gasteiger partial charge is 0.481 e. The van der Waals surface area contributed by atoms with Crippen molar-refractivity contribution in [2.45, 2.75) is 26.2 Å². The van der Waals surface area contributed by atoms with Crippen LogP contribution in [-0.2, 0) is 11.2 Å². The summed E-state index contributed by atoms with van der Waals surface area (Å²) in [4.78, 5) is 23.4. The number of hydrogen-bond acceptors (Lipinski definition) is 5. The highest BCUT2D eigenvalue weighted by atomic mass is 16.4. The molecular formula is C21H25N5O3. The number of carbonyl (C=O) groups is 2. The molecule has 152 valence electrons. The van der Waals surface area contributed by atoms with Crippen LogP contribution in [0.1, 0.15) is 35.7 Å². The van der Waals surface area contributed by atoms with E-state index in [-0.39, 0.29) is 12.3 Å². The number of nitrogens with one attached hydrogen (secondary N) is 1. The van der Waals surface area contributed by atoms with Crippen LogP contribution in [0.5, 0.6) is 0 Å². The second-order valence-electron chi connectivity index (χ2n) is 6.75. The molecular weight excluding hydrogens is 370 g/mol. The van der Waals surface area contributed by atoms with Gasteiger partial charge in [0, 0.05) is 11.5 Å². The van der Waals surface area contributed by atoms with Crippen LogP contribution in [0.4, 0.5) is 0 Å². The Hall–Kier alpha value is -3.55. The van der Waals surface area contributed by atoms with Crippen molar-refractivity contribution in [2.24, 2.45) is 33.6 Å². The molecule has 0 aliphatic carbocycles. The van der Waals surface area contributed by atoms with Gasteiger partial charge in [0.25, 0.3) is 0 Å². The maximum absolute atomic E-state index is 11.9. The van der Waals surface area contributed by atoms with Gasteiger partial charge in [-0.05, 0) is 41.7 Å². The maximum Gasteiger partial charge on any atom is 0.307 e. The highest BCUT2D eigenvalue weighted by molar-refractivity contribution is 5.94. The molecule has 0 aliphatic rings. The van der Waals surface area contributed by atoms with Crippen LogP contribution in [0.3, 0.4) is 0 Å². The van der Waals surface area contributed by atoms with Crippen molar-refractivity contribution in [3.05, 3.63) is 59.7 Å². The predicted molar refractivity (Wildman–Crippen MR) is 110 cm³/mol. The van der Waals surface area contributed by atoms with Crippen LogP contribution in [0.2, 0.25) is 0 Å². The number of hydrogen-bond donors (Lipinski definition) is 4. The number of carboxylic acid groups (broad SMARTS) is 1. The number of carbonyl (C=O) groups excluding carboxylic acids is 1. The first-order valence-corrected chi connectivity index (χ1v) is 9.29. The molecule has 2 aromatic carbocycles. The smallest absolute Gasteiger partial charge is 0.307 e. The lowest BCUT2D eigenvalue weighted by Gasteiger charge is -2.23. The normalized spacial score (nSPS) is 13.5. The Bertz CT molecular complexity index is 926. The van der Waals surface area contributed by atoms with Crippen LogP contribution in [0, 0.1) is 17.4 Å². The topological polar surface area (TPSA) is 155 Å². The number of nitrogens with two attached hydrogens (primary N) is 2. The van der Waals surface area contributed by atoms with E-state index in [4.69, 9.17) is 17.1 Å². The molecule has 6 N–H and O–H groups in total. The molecule has 2 atom stereocenters. The minimum absolute atomic E-state index is 0.00783. The van der Waals surface area contributed by atoms with Crippen LogP contribution >= 0.6 is 0 Å². The van der Waals surface area contributed by atoms with Crippen LogP contribution in [0.25, 0.3) is 11.1 Å². The number of hydrazone groups is 1. The van der Waals surface area contributed by atoms with E-state index in [1.165, 1.54) is 0 Å². The lowest BCUT2D eigenvalue weighted by molar-refractivity contribution is -0.143. The summed E-state index contributed by atoms with van der Waals surface area (Å²) in [5.74, 6) is 2.46. The van der Waals surface area contributed by atoms with Crippen molar-refractivity contribution in [1.29, 1.82) is 5.53 Å². The zero-order chi connectivity index (χ0) is 21.4. The van der Waals surface area contributed by atoms with Gasteiger partial charge in [-0.15, -0.1) is 5.11 Å². The minimum atomic E-state index is -0.977. The monoisotopic (exact) mass is 395 g/mol. The zero-order valence-electron chi connectivity index (χ0n) is 16.2. The molecule has 0 saturated carbocycles. The van der Waals surface area contributed by atoms with Gasteiger partial charge in [0.2, 0.25) is 5.91 Å². The van der Waals surface area contributed by atoms with E-state index >= 15 is 0 Å². The average Bonchev–Trinajstić information content (AvgIpc) is 2.72. The van der Waals surface area contributed by atoms with Gasteiger partial charge in [-0.2, -0.15) is 5.10 Å². The van der Waals surface area contributed by atoms with Crippen LogP contribution in [-0.4, -0.2) is 22.8 Å². The summed E-state index contributed by atoms with van der Waals surface area (Å²) in [6, 6.07) is 14.4. The summed E-state index contributed by atoms with van der Waals surface area (Å²) in [5.41, 5.74) is 15.6. The zero-order valence-corrected chi connectivity index (χ0v) is 16.2. The Morgan fingerprint density at radius 2 is 1.86 bits per heavy atom. The van der Waals surface area contributed by atoms with Gasteiger partial charge in [0.05, 0.1) is 5.92 Å². The quantitative estimate of drug-likeness (QED) is 0.169. The number of rotatable bonds is 9. The second-order valence-corrected chi connectivity index (χ2v) is 6.75. The van der Waals surface area contributed by atoms with Gasteiger partial charge < -0.3 is 16.7 Å². The molecule has 0 spiro atoms. The number of benzene rings is 2. The Balaban J connectivity index is 2.52. The third-order valence-corrected chi connectivity index (χ3v) is 4.90. The summed E-state index contributed by atoms with van der Waals surface area (Å²) in [5, 5.41) is 16.7. The SMILES string of the molecule is CCC[C@H](C(=O)O)[C@H](Cc1ccccc1-c1cccc(C(N)=O)c1)/C(N=N)=N/N. The van der Waals surface area contributed by atoms with Gasteiger partial charge in [-0.25, -0.2) is 5.53 Å². The number of nitrogens with zero attached hydrogens (tertiary/aromatic N) is 2. The van der Waals surface area contributed by atoms with E-state index in [1.54, 1.807) is 18.2 Å². The van der Waals surface area contributed by atoms with Gasteiger partial charge in [0.1, 0.15) is 0 Å². The highest BCUT2D eigenvalue weighted by Gasteiger charge is 2.32. The molecule has 1 amide bonds. The minimum Gasteiger partial charge on any atom is -0.481 e. The number of carboxylic acids is 1. The number of amides is 1. The molecule has 0 radical (unpaired) electrons. The van der Waals surface area contributed by atoms with E-state index < -0.39 is 23.7 Å². The van der Waals surface area contributed by atoms with Crippen LogP contribution in [0.15, 0.2) is 58.7 Å². The Morgan fingerprint density at radius 3 is 2.45 bits per heavy atom. The van der Waals surface area contributed by atoms with Gasteiger partial charge in [0.15, 0.2) is 5.84 Å². The number of amidine groups is 1. The molecule has 2 rings (SSSR count). The molecule has 8 heteroatoms. The van der Waals surface area contributed by atoms with Crippen molar-refractivity contribution >= 4 is 17.7 Å². The summed E-state index contributed by atoms with van der Waals surface area (Å²) >= 11 is 0. The third-order valence-electron chi connectivity index (χ3n) is 4.90. The lowest BCUT2D eigenvalue weighted by Crippen LogP contribution is -2.31. The molecule has 0 unspecified atom stereocenters. The van der Waals surface area contributed by atoms with E-state index in [2.05, 4.69) is 10.2 Å². The van der Waals surface area contributed by atoms with Gasteiger partial charge in [-0.1, -0.05) is 49.7 Å². The summed E-state index contributed by atoms with van der Waals surface area (Å²) in [7, 11) is 0. The first-order chi connectivity index (χ1) is 13.9. The fourth-order valence-corrected chi connectivity index (χ4v) is 3.49. The molecule has 0 aromatic heterocycles. The van der Waals surface area contributed by atoms with Gasteiger partial charge in [-0.3, -0.25) is 9.59 Å². The number of aliphatic carboxylic acids is 1. The average molecular weight is 395 g/mol.